The Bertz CT molecular complexity index is 1030. The summed E-state index contributed by atoms with van der Waals surface area (Å²) in [5, 5.41) is 19.6. The molecule has 8 nitrogen and oxygen atoms in total. The van der Waals surface area contributed by atoms with E-state index in [-0.39, 0.29) is 28.5 Å². The molecule has 0 saturated heterocycles. The molecule has 0 radical (unpaired) electrons. The van der Waals surface area contributed by atoms with Gasteiger partial charge in [-0.2, -0.15) is 9.99 Å². The van der Waals surface area contributed by atoms with Crippen LogP contribution in [-0.4, -0.2) is 23.7 Å². The Morgan fingerprint density at radius 3 is 2.74 bits per heavy atom. The molecule has 0 fully saturated rings. The summed E-state index contributed by atoms with van der Waals surface area (Å²) in [5.74, 6) is 0.300. The highest BCUT2D eigenvalue weighted by Crippen LogP contribution is 2.42. The largest absolute Gasteiger partial charge is 0.493 e. The van der Waals surface area contributed by atoms with E-state index in [1.54, 1.807) is 25.1 Å². The van der Waals surface area contributed by atoms with Crippen LogP contribution in [0.1, 0.15) is 29.7 Å². The molecule has 3 N–H and O–H groups in total. The summed E-state index contributed by atoms with van der Waals surface area (Å²) >= 11 is 0. The second-order valence-electron chi connectivity index (χ2n) is 5.95. The van der Waals surface area contributed by atoms with Gasteiger partial charge in [0, 0.05) is 6.07 Å². The lowest BCUT2D eigenvalue weighted by Crippen LogP contribution is -2.31. The van der Waals surface area contributed by atoms with Crippen molar-refractivity contribution in [2.24, 2.45) is 5.73 Å². The number of aromatic nitrogens is 1. The molecule has 1 aromatic heterocycles. The fourth-order valence-electron chi connectivity index (χ4n) is 3.11. The summed E-state index contributed by atoms with van der Waals surface area (Å²) in [6.45, 7) is 3.87. The molecule has 1 aliphatic heterocycles. The summed E-state index contributed by atoms with van der Waals surface area (Å²) in [6, 6.07) is 8.60. The number of hydrogen-bond donors (Lipinski definition) is 2. The van der Waals surface area contributed by atoms with Crippen LogP contribution in [0.15, 0.2) is 40.5 Å². The number of nitrogens with zero attached hydrogens (tertiary/aromatic N) is 2. The smallest absolute Gasteiger partial charge is 0.291 e. The van der Waals surface area contributed by atoms with Crippen LogP contribution < -0.4 is 25.5 Å². The van der Waals surface area contributed by atoms with E-state index in [9.17, 15) is 15.3 Å². The zero-order valence-electron chi connectivity index (χ0n) is 15.1. The third-order valence-electron chi connectivity index (χ3n) is 4.37. The first-order valence-corrected chi connectivity index (χ1v) is 8.27. The minimum absolute atomic E-state index is 0.0784. The average Bonchev–Trinajstić information content (AvgIpc) is 2.66. The highest BCUT2D eigenvalue weighted by Gasteiger charge is 2.35. The van der Waals surface area contributed by atoms with E-state index >= 15 is 0 Å². The van der Waals surface area contributed by atoms with Crippen LogP contribution in [0.3, 0.4) is 0 Å². The molecule has 1 unspecified atom stereocenters. The number of aryl methyl sites for hydroxylation is 1. The quantitative estimate of drug-likeness (QED) is 0.791. The van der Waals surface area contributed by atoms with E-state index in [1.807, 2.05) is 13.0 Å². The van der Waals surface area contributed by atoms with Crippen LogP contribution >= 0.6 is 0 Å². The first kappa shape index (κ1) is 18.2. The maximum absolute atomic E-state index is 12.7. The zero-order chi connectivity index (χ0) is 19.7. The molecule has 0 amide bonds. The first-order valence-electron chi connectivity index (χ1n) is 8.27. The predicted octanol–water partition coefficient (Wildman–Crippen LogP) is 2.02. The van der Waals surface area contributed by atoms with E-state index in [0.29, 0.717) is 28.4 Å². The molecule has 2 aromatic rings. The van der Waals surface area contributed by atoms with E-state index in [2.05, 4.69) is 0 Å². The number of pyridine rings is 1. The lowest BCUT2D eigenvalue weighted by Gasteiger charge is -2.26. The fraction of sp³-hybridized carbons (Fsp3) is 0.263. The van der Waals surface area contributed by atoms with Gasteiger partial charge in [-0.15, -0.1) is 0 Å². The lowest BCUT2D eigenvalue weighted by atomic mass is 9.84. The normalized spacial score (nSPS) is 15.6. The molecule has 0 bridgehead atoms. The van der Waals surface area contributed by atoms with E-state index < -0.39 is 11.5 Å². The minimum Gasteiger partial charge on any atom is -0.493 e. The number of benzene rings is 1. The molecule has 0 spiro atoms. The molecule has 1 aliphatic rings. The number of nitriles is 1. The maximum Gasteiger partial charge on any atom is 0.291 e. The van der Waals surface area contributed by atoms with Gasteiger partial charge < -0.3 is 25.2 Å². The SMILES string of the molecule is CCOc1ccc(C2C(C#N)=C(N)Oc3cc(C)n(O)c(=O)c32)cc1OC. The van der Waals surface area contributed by atoms with Crippen LogP contribution in [0.2, 0.25) is 0 Å². The molecule has 140 valence electrons. The Morgan fingerprint density at radius 1 is 1.37 bits per heavy atom. The average molecular weight is 369 g/mol. The third kappa shape index (κ3) is 2.93. The van der Waals surface area contributed by atoms with Gasteiger partial charge in [0.2, 0.25) is 5.88 Å². The van der Waals surface area contributed by atoms with Crippen LogP contribution in [-0.2, 0) is 0 Å². The summed E-state index contributed by atoms with van der Waals surface area (Å²) in [6.07, 6.45) is 0. The molecular formula is C19H19N3O5. The Balaban J connectivity index is 2.27. The number of hydrogen-bond acceptors (Lipinski definition) is 7. The number of ether oxygens (including phenoxy) is 3. The maximum atomic E-state index is 12.7. The summed E-state index contributed by atoms with van der Waals surface area (Å²) in [5.41, 5.74) is 6.32. The Labute approximate surface area is 155 Å². The van der Waals surface area contributed by atoms with Gasteiger partial charge in [0.25, 0.3) is 5.56 Å². The highest BCUT2D eigenvalue weighted by molar-refractivity contribution is 5.57. The first-order chi connectivity index (χ1) is 12.9. The Kier molecular flexibility index (Phi) is 4.69. The molecule has 2 heterocycles. The van der Waals surface area contributed by atoms with Crippen molar-refractivity contribution >= 4 is 0 Å². The van der Waals surface area contributed by atoms with Gasteiger partial charge in [0.15, 0.2) is 11.5 Å². The van der Waals surface area contributed by atoms with Gasteiger partial charge in [0.1, 0.15) is 17.4 Å². The van der Waals surface area contributed by atoms with Gasteiger partial charge in [-0.1, -0.05) is 6.07 Å². The Morgan fingerprint density at radius 2 is 2.11 bits per heavy atom. The summed E-state index contributed by atoms with van der Waals surface area (Å²) < 4.78 is 16.9. The van der Waals surface area contributed by atoms with Gasteiger partial charge in [0.05, 0.1) is 30.9 Å². The van der Waals surface area contributed by atoms with Gasteiger partial charge >= 0.3 is 0 Å². The Hall–Kier alpha value is -3.60. The minimum atomic E-state index is -0.810. The van der Waals surface area contributed by atoms with Gasteiger partial charge in [-0.25, -0.2) is 0 Å². The number of allylic oxidation sites excluding steroid dienone is 1. The molecule has 3 rings (SSSR count). The molecule has 1 atom stereocenters. The number of nitrogens with two attached hydrogens (primary N) is 1. The second kappa shape index (κ2) is 6.96. The molecular weight excluding hydrogens is 350 g/mol. The van der Waals surface area contributed by atoms with Crippen LogP contribution in [0.5, 0.6) is 17.2 Å². The van der Waals surface area contributed by atoms with Crippen molar-refractivity contribution in [3.8, 4) is 23.3 Å². The second-order valence-corrected chi connectivity index (χ2v) is 5.95. The summed E-state index contributed by atoms with van der Waals surface area (Å²) in [4.78, 5) is 12.7. The number of methoxy groups -OCH3 is 1. The molecule has 0 saturated carbocycles. The van der Waals surface area contributed by atoms with Gasteiger partial charge in [-0.05, 0) is 31.5 Å². The fourth-order valence-corrected chi connectivity index (χ4v) is 3.11. The van der Waals surface area contributed by atoms with Crippen molar-refractivity contribution < 1.29 is 19.4 Å². The molecule has 1 aromatic carbocycles. The van der Waals surface area contributed by atoms with Gasteiger partial charge in [-0.3, -0.25) is 4.79 Å². The van der Waals surface area contributed by atoms with Crippen LogP contribution in [0.4, 0.5) is 0 Å². The zero-order valence-corrected chi connectivity index (χ0v) is 15.1. The number of rotatable bonds is 4. The predicted molar refractivity (Wildman–Crippen MR) is 96.1 cm³/mol. The topological polar surface area (TPSA) is 120 Å². The molecule has 8 heteroatoms. The monoisotopic (exact) mass is 369 g/mol. The van der Waals surface area contributed by atoms with E-state index in [0.717, 1.165) is 0 Å². The van der Waals surface area contributed by atoms with Crippen LogP contribution in [0, 0.1) is 18.3 Å². The highest BCUT2D eigenvalue weighted by atomic mass is 16.5. The van der Waals surface area contributed by atoms with E-state index in [1.165, 1.54) is 13.2 Å². The van der Waals surface area contributed by atoms with Crippen molar-refractivity contribution in [3.05, 3.63) is 62.9 Å². The summed E-state index contributed by atoms with van der Waals surface area (Å²) in [7, 11) is 1.50. The molecule has 27 heavy (non-hydrogen) atoms. The third-order valence-corrected chi connectivity index (χ3v) is 4.37. The van der Waals surface area contributed by atoms with Crippen LogP contribution in [0.25, 0.3) is 0 Å². The van der Waals surface area contributed by atoms with Crippen molar-refractivity contribution in [1.82, 2.24) is 4.73 Å². The van der Waals surface area contributed by atoms with E-state index in [4.69, 9.17) is 19.9 Å². The molecule has 0 aliphatic carbocycles. The van der Waals surface area contributed by atoms with Crippen molar-refractivity contribution in [1.29, 1.82) is 5.26 Å². The standard InChI is InChI=1S/C19H19N3O5/c1-4-26-13-6-5-11(8-14(13)25-3)16-12(9-20)18(21)27-15-7-10(2)22(24)19(23)17(15)16/h5-8,16,24H,4,21H2,1-3H3. The number of fused-ring (bicyclic) bond motifs is 1. The van der Waals surface area contributed by atoms with Crippen molar-refractivity contribution in [3.63, 3.8) is 0 Å². The lowest BCUT2D eigenvalue weighted by molar-refractivity contribution is 0.165. The van der Waals surface area contributed by atoms with Crippen molar-refractivity contribution in [2.45, 2.75) is 19.8 Å². The van der Waals surface area contributed by atoms with Crippen molar-refractivity contribution in [2.75, 3.05) is 13.7 Å².